The zero-order valence-electron chi connectivity index (χ0n) is 12.0. The lowest BCUT2D eigenvalue weighted by atomic mass is 10.2. The average Bonchev–Trinajstić information content (AvgIpc) is 2.51. The molecule has 0 bridgehead atoms. The number of carbonyl (C=O) groups excluding carboxylic acids is 1. The molecule has 0 spiro atoms. The predicted octanol–water partition coefficient (Wildman–Crippen LogP) is 2.62. The van der Waals surface area contributed by atoms with Crippen LogP contribution in [-0.2, 0) is 17.0 Å². The summed E-state index contributed by atoms with van der Waals surface area (Å²) in [7, 11) is 0. The predicted molar refractivity (Wildman–Crippen MR) is 91.4 cm³/mol. The van der Waals surface area contributed by atoms with E-state index in [-0.39, 0.29) is 11.5 Å². The number of carbonyl (C=O) groups is 1. The smallest absolute Gasteiger partial charge is 0.247 e. The van der Waals surface area contributed by atoms with Gasteiger partial charge in [0.05, 0.1) is 5.75 Å². The summed E-state index contributed by atoms with van der Waals surface area (Å²) in [6.45, 7) is 0.562. The molecule has 4 nitrogen and oxygen atoms in total. The molecule has 22 heavy (non-hydrogen) atoms. The standard InChI is InChI=1S/C16H17ClN2O2S/c17-14-4-1-13(2-5-14)10-22-11-16(21)18-8-7-12-3-6-15(20)19-9-12/h1-6,9H,7-8,10-11H2,(H,18,21)(H,19,20). The van der Waals surface area contributed by atoms with Gasteiger partial charge in [-0.1, -0.05) is 29.8 Å². The van der Waals surface area contributed by atoms with Crippen LogP contribution >= 0.6 is 23.4 Å². The highest BCUT2D eigenvalue weighted by Crippen LogP contribution is 2.15. The number of amides is 1. The Morgan fingerprint density at radius 1 is 1.14 bits per heavy atom. The Labute approximate surface area is 138 Å². The third-order valence-electron chi connectivity index (χ3n) is 3.00. The van der Waals surface area contributed by atoms with E-state index in [1.54, 1.807) is 24.0 Å². The number of aromatic nitrogens is 1. The van der Waals surface area contributed by atoms with Gasteiger partial charge in [0, 0.05) is 29.6 Å². The van der Waals surface area contributed by atoms with Crippen LogP contribution in [0, 0.1) is 0 Å². The normalized spacial score (nSPS) is 10.4. The van der Waals surface area contributed by atoms with Crippen molar-refractivity contribution in [2.45, 2.75) is 12.2 Å². The fourth-order valence-electron chi connectivity index (χ4n) is 1.84. The molecule has 1 aromatic carbocycles. The second-order valence-electron chi connectivity index (χ2n) is 4.78. The van der Waals surface area contributed by atoms with Crippen molar-refractivity contribution in [1.29, 1.82) is 0 Å². The lowest BCUT2D eigenvalue weighted by Crippen LogP contribution is -2.27. The first-order chi connectivity index (χ1) is 10.6. The molecule has 0 fully saturated rings. The molecule has 0 aliphatic rings. The van der Waals surface area contributed by atoms with E-state index in [1.807, 2.05) is 24.3 Å². The van der Waals surface area contributed by atoms with Crippen molar-refractivity contribution in [2.75, 3.05) is 12.3 Å². The minimum Gasteiger partial charge on any atom is -0.355 e. The topological polar surface area (TPSA) is 62.0 Å². The number of halogens is 1. The number of rotatable bonds is 7. The van der Waals surface area contributed by atoms with Gasteiger partial charge in [-0.25, -0.2) is 0 Å². The number of aromatic amines is 1. The van der Waals surface area contributed by atoms with Crippen molar-refractivity contribution >= 4 is 29.3 Å². The highest BCUT2D eigenvalue weighted by atomic mass is 35.5. The zero-order valence-corrected chi connectivity index (χ0v) is 13.5. The summed E-state index contributed by atoms with van der Waals surface area (Å²) in [4.78, 5) is 25.3. The van der Waals surface area contributed by atoms with Crippen LogP contribution in [0.25, 0.3) is 0 Å². The highest BCUT2D eigenvalue weighted by molar-refractivity contribution is 7.99. The van der Waals surface area contributed by atoms with E-state index in [9.17, 15) is 9.59 Å². The average molecular weight is 337 g/mol. The van der Waals surface area contributed by atoms with Crippen LogP contribution in [0.4, 0.5) is 0 Å². The van der Waals surface area contributed by atoms with Crippen molar-refractivity contribution < 1.29 is 4.79 Å². The van der Waals surface area contributed by atoms with Crippen molar-refractivity contribution in [1.82, 2.24) is 10.3 Å². The third-order valence-corrected chi connectivity index (χ3v) is 4.26. The van der Waals surface area contributed by atoms with Crippen LogP contribution in [0.1, 0.15) is 11.1 Å². The van der Waals surface area contributed by atoms with Crippen LogP contribution in [0.2, 0.25) is 5.02 Å². The lowest BCUT2D eigenvalue weighted by molar-refractivity contribution is -0.118. The van der Waals surface area contributed by atoms with Gasteiger partial charge in [-0.15, -0.1) is 11.8 Å². The number of hydrogen-bond donors (Lipinski definition) is 2. The number of pyridine rings is 1. The summed E-state index contributed by atoms with van der Waals surface area (Å²) in [5, 5.41) is 3.58. The summed E-state index contributed by atoms with van der Waals surface area (Å²) in [6, 6.07) is 10.9. The Morgan fingerprint density at radius 2 is 1.86 bits per heavy atom. The molecule has 0 aliphatic carbocycles. The highest BCUT2D eigenvalue weighted by Gasteiger charge is 2.02. The number of hydrogen-bond acceptors (Lipinski definition) is 3. The second-order valence-corrected chi connectivity index (χ2v) is 6.20. The molecule has 1 heterocycles. The lowest BCUT2D eigenvalue weighted by Gasteiger charge is -2.05. The van der Waals surface area contributed by atoms with Gasteiger partial charge >= 0.3 is 0 Å². The van der Waals surface area contributed by atoms with Crippen molar-refractivity contribution in [3.05, 3.63) is 69.1 Å². The molecule has 0 unspecified atom stereocenters. The summed E-state index contributed by atoms with van der Waals surface area (Å²) in [6.07, 6.45) is 2.37. The molecule has 0 saturated carbocycles. The number of nitrogens with one attached hydrogen (secondary N) is 2. The minimum absolute atomic E-state index is 0.0170. The molecular weight excluding hydrogens is 320 g/mol. The van der Waals surface area contributed by atoms with Gasteiger partial charge in [0.25, 0.3) is 0 Å². The number of H-pyrrole nitrogens is 1. The van der Waals surface area contributed by atoms with Crippen LogP contribution in [0.5, 0.6) is 0 Å². The first-order valence-electron chi connectivity index (χ1n) is 6.90. The van der Waals surface area contributed by atoms with Gasteiger partial charge < -0.3 is 10.3 Å². The van der Waals surface area contributed by atoms with E-state index in [0.29, 0.717) is 23.7 Å². The van der Waals surface area contributed by atoms with Crippen molar-refractivity contribution in [3.8, 4) is 0 Å². The molecule has 1 aromatic heterocycles. The maximum absolute atomic E-state index is 11.7. The Kier molecular flexibility index (Phi) is 6.55. The fourth-order valence-corrected chi connectivity index (χ4v) is 2.78. The molecule has 0 radical (unpaired) electrons. The van der Waals surface area contributed by atoms with E-state index < -0.39 is 0 Å². The van der Waals surface area contributed by atoms with Gasteiger partial charge in [0.1, 0.15) is 0 Å². The van der Waals surface area contributed by atoms with Crippen LogP contribution in [0.15, 0.2) is 47.4 Å². The monoisotopic (exact) mass is 336 g/mol. The molecule has 0 atom stereocenters. The maximum Gasteiger partial charge on any atom is 0.247 e. The molecular formula is C16H17ClN2O2S. The maximum atomic E-state index is 11.7. The Bertz CT molecular complexity index is 650. The van der Waals surface area contributed by atoms with Crippen molar-refractivity contribution in [3.63, 3.8) is 0 Å². The number of thioether (sulfide) groups is 1. The molecule has 116 valence electrons. The fraction of sp³-hybridized carbons (Fsp3) is 0.250. The van der Waals surface area contributed by atoms with Gasteiger partial charge in [0.15, 0.2) is 0 Å². The molecule has 2 aromatic rings. The molecule has 6 heteroatoms. The first kappa shape index (κ1) is 16.6. The number of benzene rings is 1. The third kappa shape index (κ3) is 5.95. The van der Waals surface area contributed by atoms with E-state index in [1.165, 1.54) is 6.07 Å². The van der Waals surface area contributed by atoms with E-state index in [0.717, 1.165) is 16.9 Å². The molecule has 2 rings (SSSR count). The molecule has 2 N–H and O–H groups in total. The summed E-state index contributed by atoms with van der Waals surface area (Å²) >= 11 is 7.39. The van der Waals surface area contributed by atoms with Gasteiger partial charge in [-0.05, 0) is 29.7 Å². The molecule has 0 saturated heterocycles. The van der Waals surface area contributed by atoms with Crippen LogP contribution in [0.3, 0.4) is 0 Å². The summed E-state index contributed by atoms with van der Waals surface area (Å²) in [5.74, 6) is 1.22. The molecule has 1 amide bonds. The Hall–Kier alpha value is -1.72. The van der Waals surface area contributed by atoms with E-state index >= 15 is 0 Å². The quantitative estimate of drug-likeness (QED) is 0.817. The van der Waals surface area contributed by atoms with E-state index in [2.05, 4.69) is 10.3 Å². The largest absolute Gasteiger partial charge is 0.355 e. The minimum atomic E-state index is -0.119. The zero-order chi connectivity index (χ0) is 15.8. The summed E-state index contributed by atoms with van der Waals surface area (Å²) in [5.41, 5.74) is 2.02. The van der Waals surface area contributed by atoms with Gasteiger partial charge in [-0.2, -0.15) is 0 Å². The second kappa shape index (κ2) is 8.66. The Balaban J connectivity index is 1.62. The van der Waals surface area contributed by atoms with Gasteiger partial charge in [-0.3, -0.25) is 9.59 Å². The van der Waals surface area contributed by atoms with Crippen molar-refractivity contribution in [2.24, 2.45) is 0 Å². The van der Waals surface area contributed by atoms with E-state index in [4.69, 9.17) is 11.6 Å². The van der Waals surface area contributed by atoms with Gasteiger partial charge in [0.2, 0.25) is 11.5 Å². The SMILES string of the molecule is O=C(CSCc1ccc(Cl)cc1)NCCc1ccc(=O)[nH]c1. The molecule has 0 aliphatic heterocycles. The van der Waals surface area contributed by atoms with Crippen LogP contribution < -0.4 is 10.9 Å². The first-order valence-corrected chi connectivity index (χ1v) is 8.43. The summed E-state index contributed by atoms with van der Waals surface area (Å²) < 4.78 is 0. The van der Waals surface area contributed by atoms with Crippen LogP contribution in [-0.4, -0.2) is 23.2 Å². The Morgan fingerprint density at radius 3 is 2.55 bits per heavy atom.